The van der Waals surface area contributed by atoms with Gasteiger partial charge in [-0.3, -0.25) is 9.59 Å². The summed E-state index contributed by atoms with van der Waals surface area (Å²) < 4.78 is 1.78. The highest BCUT2D eigenvalue weighted by Gasteiger charge is 2.17. The number of nitrogens with zero attached hydrogens (tertiary/aromatic N) is 2. The van der Waals surface area contributed by atoms with Crippen LogP contribution in [-0.4, -0.2) is 48.1 Å². The average Bonchev–Trinajstić information content (AvgIpc) is 2.69. The van der Waals surface area contributed by atoms with Crippen molar-refractivity contribution < 1.29 is 4.79 Å². The van der Waals surface area contributed by atoms with Gasteiger partial charge in [0, 0.05) is 37.6 Å². The number of rotatable bonds is 4. The third-order valence-electron chi connectivity index (χ3n) is 5.01. The van der Waals surface area contributed by atoms with Crippen LogP contribution >= 0.6 is 0 Å². The van der Waals surface area contributed by atoms with Crippen LogP contribution in [0.5, 0.6) is 0 Å². The lowest BCUT2D eigenvalue weighted by Crippen LogP contribution is -2.41. The Balaban J connectivity index is 0.00000126. The molecule has 3 rings (SSSR count). The smallest absolute Gasteiger partial charge is 0.251 e. The number of fused-ring (bicyclic) bond motifs is 1. The molecule has 1 aromatic heterocycles. The fourth-order valence-corrected chi connectivity index (χ4v) is 3.46. The van der Waals surface area contributed by atoms with Gasteiger partial charge in [-0.25, -0.2) is 0 Å². The summed E-state index contributed by atoms with van der Waals surface area (Å²) in [5.41, 5.74) is 8.14. The van der Waals surface area contributed by atoms with E-state index in [9.17, 15) is 9.59 Å². The van der Waals surface area contributed by atoms with E-state index in [1.165, 1.54) is 6.07 Å². The first-order valence-electron chi connectivity index (χ1n) is 9.84. The van der Waals surface area contributed by atoms with E-state index in [1.54, 1.807) is 11.6 Å². The normalized spacial score (nSPS) is 15.3. The number of hydrogen-bond acceptors (Lipinski definition) is 4. The van der Waals surface area contributed by atoms with Crippen LogP contribution in [0.25, 0.3) is 10.9 Å². The second-order valence-electron chi connectivity index (χ2n) is 6.83. The van der Waals surface area contributed by atoms with Crippen molar-refractivity contribution in [2.24, 2.45) is 5.73 Å². The molecule has 0 atom stereocenters. The summed E-state index contributed by atoms with van der Waals surface area (Å²) in [5.74, 6) is -0.233. The fraction of sp³-hybridized carbons (Fsp3) is 0.524. The number of likely N-dealkylation sites (tertiary alicyclic amines) is 1. The van der Waals surface area contributed by atoms with Crippen LogP contribution in [-0.2, 0) is 6.54 Å². The summed E-state index contributed by atoms with van der Waals surface area (Å²) in [6, 6.07) is 7.62. The maximum atomic E-state index is 12.7. The van der Waals surface area contributed by atoms with Gasteiger partial charge in [0.05, 0.1) is 11.1 Å². The molecule has 1 aliphatic rings. The monoisotopic (exact) mass is 372 g/mol. The number of carbonyl (C=O) groups is 1. The molecule has 6 heteroatoms. The number of aromatic nitrogens is 1. The third-order valence-corrected chi connectivity index (χ3v) is 5.01. The molecule has 0 radical (unpaired) electrons. The van der Waals surface area contributed by atoms with Gasteiger partial charge in [0.15, 0.2) is 0 Å². The number of aryl methyl sites for hydroxylation is 1. The largest absolute Gasteiger partial charge is 0.355 e. The molecule has 0 aliphatic carbocycles. The molecule has 2 heterocycles. The Morgan fingerprint density at radius 1 is 1.19 bits per heavy atom. The molecular weight excluding hydrogens is 340 g/mol. The van der Waals surface area contributed by atoms with Crippen molar-refractivity contribution in [2.45, 2.75) is 46.2 Å². The van der Waals surface area contributed by atoms with Gasteiger partial charge >= 0.3 is 0 Å². The average molecular weight is 373 g/mol. The number of carbonyl (C=O) groups excluding carboxylic acids is 1. The van der Waals surface area contributed by atoms with E-state index in [0.717, 1.165) is 48.9 Å². The topological polar surface area (TPSA) is 80.4 Å². The Morgan fingerprint density at radius 3 is 2.48 bits per heavy atom. The maximum absolute atomic E-state index is 12.7. The quantitative estimate of drug-likeness (QED) is 0.861. The van der Waals surface area contributed by atoms with Gasteiger partial charge in [0.25, 0.3) is 11.5 Å². The third kappa shape index (κ3) is 4.96. The first kappa shape index (κ1) is 21.1. The second-order valence-corrected chi connectivity index (χ2v) is 6.83. The minimum atomic E-state index is -0.233. The van der Waals surface area contributed by atoms with Gasteiger partial charge in [-0.1, -0.05) is 26.0 Å². The molecular formula is C21H32N4O2. The van der Waals surface area contributed by atoms with E-state index >= 15 is 0 Å². The summed E-state index contributed by atoms with van der Waals surface area (Å²) in [6.45, 7) is 9.37. The van der Waals surface area contributed by atoms with Gasteiger partial charge in [0.2, 0.25) is 0 Å². The van der Waals surface area contributed by atoms with Gasteiger partial charge in [0.1, 0.15) is 0 Å². The maximum Gasteiger partial charge on any atom is 0.251 e. The molecule has 0 bridgehead atoms. The predicted molar refractivity (Wildman–Crippen MR) is 111 cm³/mol. The number of hydrogen-bond donors (Lipinski definition) is 2. The van der Waals surface area contributed by atoms with Crippen LogP contribution < -0.4 is 16.6 Å². The van der Waals surface area contributed by atoms with Crippen molar-refractivity contribution in [3.05, 3.63) is 45.7 Å². The lowest BCUT2D eigenvalue weighted by molar-refractivity contribution is 0.0964. The van der Waals surface area contributed by atoms with Crippen LogP contribution in [0.4, 0.5) is 0 Å². The van der Waals surface area contributed by atoms with Crippen LogP contribution in [0.15, 0.2) is 29.1 Å². The van der Waals surface area contributed by atoms with Gasteiger partial charge in [-0.2, -0.15) is 0 Å². The second kappa shape index (κ2) is 9.67. The molecule has 0 spiro atoms. The summed E-state index contributed by atoms with van der Waals surface area (Å²) in [5, 5.41) is 3.43. The number of nitrogens with one attached hydrogen (secondary N) is 1. The highest BCUT2D eigenvalue weighted by atomic mass is 16.2. The van der Waals surface area contributed by atoms with Gasteiger partial charge in [-0.15, -0.1) is 0 Å². The lowest BCUT2D eigenvalue weighted by atomic mass is 10.1. The fourth-order valence-electron chi connectivity index (χ4n) is 3.46. The minimum absolute atomic E-state index is 0.134. The zero-order valence-electron chi connectivity index (χ0n) is 16.9. The van der Waals surface area contributed by atoms with Crippen LogP contribution in [0.2, 0.25) is 0 Å². The Morgan fingerprint density at radius 2 is 1.85 bits per heavy atom. The molecule has 1 aliphatic heterocycles. The van der Waals surface area contributed by atoms with Crippen molar-refractivity contribution in [2.75, 3.05) is 26.7 Å². The molecule has 6 nitrogen and oxygen atoms in total. The minimum Gasteiger partial charge on any atom is -0.355 e. The van der Waals surface area contributed by atoms with Crippen molar-refractivity contribution in [1.29, 1.82) is 0 Å². The van der Waals surface area contributed by atoms with Crippen molar-refractivity contribution in [3.63, 3.8) is 0 Å². The summed E-state index contributed by atoms with van der Waals surface area (Å²) in [4.78, 5) is 27.1. The van der Waals surface area contributed by atoms with Crippen molar-refractivity contribution >= 4 is 16.8 Å². The van der Waals surface area contributed by atoms with E-state index in [-0.39, 0.29) is 11.5 Å². The van der Waals surface area contributed by atoms with E-state index in [0.29, 0.717) is 18.2 Å². The van der Waals surface area contributed by atoms with Crippen LogP contribution in [0.1, 0.15) is 42.6 Å². The summed E-state index contributed by atoms with van der Waals surface area (Å²) in [6.07, 6.45) is 2.01. The number of pyridine rings is 1. The molecule has 0 saturated carbocycles. The standard InChI is InChI=1S/C19H26N4O2.C2H6/c1-13-3-4-15-16(19(25)21-2)12-18(24)23(17(15)11-13)10-9-22-7-5-14(20)6-8-22;1-2/h3-4,11-12,14H,5-10,20H2,1-2H3,(H,21,25);1-2H3. The Kier molecular flexibility index (Phi) is 7.56. The van der Waals surface area contributed by atoms with E-state index in [4.69, 9.17) is 5.73 Å². The zero-order valence-corrected chi connectivity index (χ0v) is 16.9. The van der Waals surface area contributed by atoms with E-state index < -0.39 is 0 Å². The Hall–Kier alpha value is -2.18. The first-order valence-corrected chi connectivity index (χ1v) is 9.84. The molecule has 3 N–H and O–H groups in total. The lowest BCUT2D eigenvalue weighted by Gasteiger charge is -2.30. The summed E-state index contributed by atoms with van der Waals surface area (Å²) in [7, 11) is 1.58. The van der Waals surface area contributed by atoms with Crippen molar-refractivity contribution in [3.8, 4) is 0 Å². The molecule has 1 aromatic carbocycles. The Labute approximate surface area is 161 Å². The molecule has 27 heavy (non-hydrogen) atoms. The van der Waals surface area contributed by atoms with E-state index in [2.05, 4.69) is 10.2 Å². The summed E-state index contributed by atoms with van der Waals surface area (Å²) >= 11 is 0. The number of amides is 1. The SMILES string of the molecule is CC.CNC(=O)c1cc(=O)n(CCN2CCC(N)CC2)c2cc(C)ccc12. The number of nitrogens with two attached hydrogens (primary N) is 1. The Bertz CT molecular complexity index is 836. The molecule has 1 amide bonds. The molecule has 2 aromatic rings. The first-order chi connectivity index (χ1) is 13.0. The highest BCUT2D eigenvalue weighted by Crippen LogP contribution is 2.19. The van der Waals surface area contributed by atoms with Crippen LogP contribution in [0.3, 0.4) is 0 Å². The number of benzene rings is 1. The molecule has 0 unspecified atom stereocenters. The van der Waals surface area contributed by atoms with Gasteiger partial charge < -0.3 is 20.5 Å². The van der Waals surface area contributed by atoms with E-state index in [1.807, 2.05) is 39.0 Å². The van der Waals surface area contributed by atoms with Gasteiger partial charge in [-0.05, 0) is 44.5 Å². The predicted octanol–water partition coefficient (Wildman–Crippen LogP) is 2.12. The molecule has 1 saturated heterocycles. The van der Waals surface area contributed by atoms with Crippen molar-refractivity contribution in [1.82, 2.24) is 14.8 Å². The number of piperidine rings is 1. The zero-order chi connectivity index (χ0) is 20.0. The highest BCUT2D eigenvalue weighted by molar-refractivity contribution is 6.06. The van der Waals surface area contributed by atoms with Crippen LogP contribution in [0, 0.1) is 6.92 Å². The molecule has 1 fully saturated rings. The molecule has 148 valence electrons.